The molecule has 0 N–H and O–H groups in total. The summed E-state index contributed by atoms with van der Waals surface area (Å²) >= 11 is 0. The first-order valence-electron chi connectivity index (χ1n) is 5.95. The van der Waals surface area contributed by atoms with Gasteiger partial charge in [-0.15, -0.1) is 0 Å². The van der Waals surface area contributed by atoms with Crippen LogP contribution < -0.4 is 9.42 Å². The standard InChI is InChI=1S/C12H20N5O2P/c1-15(2)12-10(8-13)7-11(9-14-12)19-20(18,16(3)4)17(5)6/h7,9H,1-6H3. The molecule has 0 aliphatic carbocycles. The summed E-state index contributed by atoms with van der Waals surface area (Å²) in [7, 11) is 7.15. The van der Waals surface area contributed by atoms with E-state index in [2.05, 4.69) is 11.1 Å². The molecular weight excluding hydrogens is 277 g/mol. The zero-order chi connectivity index (χ0) is 15.5. The van der Waals surface area contributed by atoms with Crippen molar-refractivity contribution in [3.63, 3.8) is 0 Å². The summed E-state index contributed by atoms with van der Waals surface area (Å²) in [5, 5.41) is 9.15. The van der Waals surface area contributed by atoms with E-state index in [4.69, 9.17) is 9.79 Å². The van der Waals surface area contributed by atoms with Gasteiger partial charge < -0.3 is 9.42 Å². The van der Waals surface area contributed by atoms with Crippen LogP contribution in [0.5, 0.6) is 5.75 Å². The average Bonchev–Trinajstić information content (AvgIpc) is 2.37. The van der Waals surface area contributed by atoms with Crippen LogP contribution in [-0.2, 0) is 4.57 Å². The third-order valence-electron chi connectivity index (χ3n) is 2.62. The van der Waals surface area contributed by atoms with Gasteiger partial charge in [-0.1, -0.05) is 0 Å². The van der Waals surface area contributed by atoms with Crippen molar-refractivity contribution in [2.45, 2.75) is 0 Å². The van der Waals surface area contributed by atoms with Crippen molar-refractivity contribution in [3.05, 3.63) is 17.8 Å². The fourth-order valence-corrected chi connectivity index (χ4v) is 3.00. The normalized spacial score (nSPS) is 11.6. The van der Waals surface area contributed by atoms with Crippen molar-refractivity contribution in [2.24, 2.45) is 0 Å². The molecule has 0 aliphatic heterocycles. The highest BCUT2D eigenvalue weighted by Crippen LogP contribution is 2.50. The van der Waals surface area contributed by atoms with E-state index < -0.39 is 7.67 Å². The van der Waals surface area contributed by atoms with Gasteiger partial charge in [0.05, 0.1) is 11.8 Å². The molecule has 0 bridgehead atoms. The molecule has 0 radical (unpaired) electrons. The molecule has 0 aromatic carbocycles. The first kappa shape index (κ1) is 16.4. The van der Waals surface area contributed by atoms with Gasteiger partial charge in [-0.2, -0.15) is 5.26 Å². The van der Waals surface area contributed by atoms with Gasteiger partial charge >= 0.3 is 7.67 Å². The summed E-state index contributed by atoms with van der Waals surface area (Å²) in [5.41, 5.74) is 0.372. The van der Waals surface area contributed by atoms with Gasteiger partial charge in [0.2, 0.25) is 0 Å². The molecule has 0 unspecified atom stereocenters. The maximum absolute atomic E-state index is 12.7. The van der Waals surface area contributed by atoms with Crippen LogP contribution in [0.15, 0.2) is 12.3 Å². The van der Waals surface area contributed by atoms with Gasteiger partial charge in [0, 0.05) is 20.2 Å². The monoisotopic (exact) mass is 297 g/mol. The van der Waals surface area contributed by atoms with E-state index >= 15 is 0 Å². The summed E-state index contributed by atoms with van der Waals surface area (Å²) in [6.07, 6.45) is 1.47. The molecule has 7 nitrogen and oxygen atoms in total. The maximum atomic E-state index is 12.7. The lowest BCUT2D eigenvalue weighted by atomic mass is 10.2. The van der Waals surface area contributed by atoms with E-state index in [1.807, 2.05) is 0 Å². The number of nitriles is 1. The molecule has 0 saturated carbocycles. The second-order valence-corrected chi connectivity index (χ2v) is 7.59. The Kier molecular flexibility index (Phi) is 5.12. The highest BCUT2D eigenvalue weighted by molar-refractivity contribution is 7.54. The minimum atomic E-state index is -3.15. The fourth-order valence-electron chi connectivity index (χ4n) is 1.59. The molecule has 8 heteroatoms. The predicted octanol–water partition coefficient (Wildman–Crippen LogP) is 1.63. The van der Waals surface area contributed by atoms with Gasteiger partial charge in [-0.05, 0) is 28.2 Å². The van der Waals surface area contributed by atoms with Gasteiger partial charge in [-0.3, -0.25) is 0 Å². The second kappa shape index (κ2) is 6.23. The number of hydrogen-bond acceptors (Lipinski definition) is 5. The first-order chi connectivity index (χ1) is 9.22. The lowest BCUT2D eigenvalue weighted by molar-refractivity contribution is 0.353. The Morgan fingerprint density at radius 2 is 1.75 bits per heavy atom. The molecule has 110 valence electrons. The van der Waals surface area contributed by atoms with Crippen molar-refractivity contribution >= 4 is 13.5 Å². The number of pyridine rings is 1. The molecule has 0 aliphatic rings. The lowest BCUT2D eigenvalue weighted by Gasteiger charge is -2.29. The molecule has 1 rings (SSSR count). The molecule has 0 atom stereocenters. The third kappa shape index (κ3) is 3.28. The molecule has 20 heavy (non-hydrogen) atoms. The molecule has 0 saturated heterocycles. The molecular formula is C12H20N5O2P. The summed E-state index contributed by atoms with van der Waals surface area (Å²) in [6.45, 7) is 0. The van der Waals surface area contributed by atoms with Crippen molar-refractivity contribution in [1.29, 1.82) is 5.26 Å². The summed E-state index contributed by atoms with van der Waals surface area (Å²) < 4.78 is 21.3. The number of hydrogen-bond donors (Lipinski definition) is 0. The Balaban J connectivity index is 3.17. The van der Waals surface area contributed by atoms with Crippen LogP contribution in [0.25, 0.3) is 0 Å². The zero-order valence-corrected chi connectivity index (χ0v) is 13.5. The Bertz CT molecular complexity index is 553. The Hall–Kier alpha value is -1.61. The maximum Gasteiger partial charge on any atom is 0.394 e. The first-order valence-corrected chi connectivity index (χ1v) is 7.48. The predicted molar refractivity (Wildman–Crippen MR) is 78.9 cm³/mol. The number of anilines is 1. The molecule has 0 fully saturated rings. The highest BCUT2D eigenvalue weighted by Gasteiger charge is 2.31. The minimum absolute atomic E-state index is 0.304. The number of rotatable bonds is 5. The summed E-state index contributed by atoms with van der Waals surface area (Å²) in [5.74, 6) is 0.849. The molecule has 1 aromatic heterocycles. The van der Waals surface area contributed by atoms with Crippen molar-refractivity contribution < 1.29 is 9.09 Å². The van der Waals surface area contributed by atoms with E-state index in [-0.39, 0.29) is 0 Å². The Morgan fingerprint density at radius 3 is 2.15 bits per heavy atom. The zero-order valence-electron chi connectivity index (χ0n) is 12.7. The van der Waals surface area contributed by atoms with E-state index in [1.165, 1.54) is 15.5 Å². The van der Waals surface area contributed by atoms with E-state index in [9.17, 15) is 4.57 Å². The molecule has 1 heterocycles. The quantitative estimate of drug-likeness (QED) is 0.765. The molecule has 0 amide bonds. The smallest absolute Gasteiger partial charge is 0.394 e. The minimum Gasteiger partial charge on any atom is -0.420 e. The van der Waals surface area contributed by atoms with Crippen molar-refractivity contribution in [1.82, 2.24) is 14.3 Å². The number of aromatic nitrogens is 1. The van der Waals surface area contributed by atoms with E-state index in [0.29, 0.717) is 17.1 Å². The number of nitrogens with zero attached hydrogens (tertiary/aromatic N) is 5. The Morgan fingerprint density at radius 1 is 1.20 bits per heavy atom. The van der Waals surface area contributed by atoms with Crippen LogP contribution in [0, 0.1) is 11.3 Å². The lowest BCUT2D eigenvalue weighted by Crippen LogP contribution is -2.24. The van der Waals surface area contributed by atoms with Crippen LogP contribution in [0.2, 0.25) is 0 Å². The Labute approximate surface area is 119 Å². The summed E-state index contributed by atoms with van der Waals surface area (Å²) in [4.78, 5) is 5.91. The van der Waals surface area contributed by atoms with Gasteiger partial charge in [0.1, 0.15) is 17.6 Å². The van der Waals surface area contributed by atoms with E-state index in [1.54, 1.807) is 53.3 Å². The van der Waals surface area contributed by atoms with Crippen LogP contribution in [0.1, 0.15) is 5.56 Å². The van der Waals surface area contributed by atoms with Crippen LogP contribution in [0.3, 0.4) is 0 Å². The van der Waals surface area contributed by atoms with Gasteiger partial charge in [0.25, 0.3) is 0 Å². The summed E-state index contributed by atoms with van der Waals surface area (Å²) in [6, 6.07) is 3.60. The average molecular weight is 297 g/mol. The van der Waals surface area contributed by atoms with Crippen molar-refractivity contribution in [2.75, 3.05) is 47.2 Å². The van der Waals surface area contributed by atoms with Gasteiger partial charge in [0.15, 0.2) is 0 Å². The van der Waals surface area contributed by atoms with Gasteiger partial charge in [-0.25, -0.2) is 18.9 Å². The molecule has 1 aromatic rings. The third-order valence-corrected chi connectivity index (χ3v) is 5.09. The van der Waals surface area contributed by atoms with Crippen molar-refractivity contribution in [3.8, 4) is 11.8 Å². The van der Waals surface area contributed by atoms with Crippen LogP contribution in [-0.4, -0.2) is 56.6 Å². The highest BCUT2D eigenvalue weighted by atomic mass is 31.2. The fraction of sp³-hybridized carbons (Fsp3) is 0.500. The topological polar surface area (TPSA) is 72.7 Å². The van der Waals surface area contributed by atoms with Crippen LogP contribution >= 0.6 is 7.67 Å². The molecule has 0 spiro atoms. The largest absolute Gasteiger partial charge is 0.420 e. The second-order valence-electron chi connectivity index (χ2n) is 4.82. The SMILES string of the molecule is CN(C)c1ncc(OP(=O)(N(C)C)N(C)C)cc1C#N. The van der Waals surface area contributed by atoms with E-state index in [0.717, 1.165) is 0 Å². The van der Waals surface area contributed by atoms with Crippen LogP contribution in [0.4, 0.5) is 5.82 Å².